The quantitative estimate of drug-likeness (QED) is 0.723. The van der Waals surface area contributed by atoms with E-state index in [1.165, 1.54) is 15.3 Å². The van der Waals surface area contributed by atoms with Gasteiger partial charge in [0.25, 0.3) is 0 Å². The number of thiophene rings is 1. The maximum absolute atomic E-state index is 10.5. The molecule has 0 aromatic carbocycles. The van der Waals surface area contributed by atoms with Gasteiger partial charge in [0, 0.05) is 29.3 Å². The van der Waals surface area contributed by atoms with Crippen LogP contribution in [0.1, 0.15) is 21.7 Å². The minimum atomic E-state index is -0.254. The molecule has 3 N–H and O–H groups in total. The highest BCUT2D eigenvalue weighted by atomic mass is 32.1. The van der Waals surface area contributed by atoms with Crippen LogP contribution < -0.4 is 11.1 Å². The fourth-order valence-electron chi connectivity index (χ4n) is 1.16. The molecule has 0 saturated heterocycles. The van der Waals surface area contributed by atoms with Crippen LogP contribution in [0.15, 0.2) is 6.07 Å². The maximum atomic E-state index is 10.5. The first-order chi connectivity index (χ1) is 6.59. The normalized spacial score (nSPS) is 10.4. The fraction of sp³-hybridized carbons (Fsp3) is 0.500. The van der Waals surface area contributed by atoms with Gasteiger partial charge in [-0.05, 0) is 25.5 Å². The molecule has 0 bridgehead atoms. The van der Waals surface area contributed by atoms with Gasteiger partial charge in [-0.15, -0.1) is 11.3 Å². The third-order valence-corrected chi connectivity index (χ3v) is 3.22. The Morgan fingerprint density at radius 3 is 2.79 bits per heavy atom. The average Bonchev–Trinajstić information content (AvgIpc) is 2.40. The molecule has 78 valence electrons. The van der Waals surface area contributed by atoms with Crippen molar-refractivity contribution in [1.82, 2.24) is 5.32 Å². The largest absolute Gasteiger partial charge is 0.370 e. The third kappa shape index (κ3) is 3.47. The van der Waals surface area contributed by atoms with Gasteiger partial charge in [0.2, 0.25) is 5.91 Å². The van der Waals surface area contributed by atoms with Crippen LogP contribution in [-0.4, -0.2) is 12.5 Å². The summed E-state index contributed by atoms with van der Waals surface area (Å²) in [4.78, 5) is 13.1. The number of aryl methyl sites for hydroxylation is 2. The van der Waals surface area contributed by atoms with Crippen molar-refractivity contribution in [2.45, 2.75) is 26.8 Å². The van der Waals surface area contributed by atoms with E-state index in [0.717, 1.165) is 6.54 Å². The minimum absolute atomic E-state index is 0.254. The lowest BCUT2D eigenvalue weighted by Crippen LogP contribution is -2.21. The number of carbonyl (C=O) groups excluding carboxylic acids is 1. The van der Waals surface area contributed by atoms with Gasteiger partial charge in [0.05, 0.1) is 0 Å². The molecule has 0 aliphatic carbocycles. The second-order valence-corrected chi connectivity index (χ2v) is 4.69. The number of carbonyl (C=O) groups is 1. The molecule has 0 aliphatic heterocycles. The first-order valence-electron chi connectivity index (χ1n) is 4.64. The van der Waals surface area contributed by atoms with Crippen LogP contribution in [0.5, 0.6) is 0 Å². The predicted molar refractivity (Wildman–Crippen MR) is 59.3 cm³/mol. The smallest absolute Gasteiger partial charge is 0.218 e. The van der Waals surface area contributed by atoms with Crippen LogP contribution in [0.3, 0.4) is 0 Å². The molecular formula is C10H16N2OS. The molecule has 3 nitrogen and oxygen atoms in total. The van der Waals surface area contributed by atoms with Crippen LogP contribution in [-0.2, 0) is 11.3 Å². The Kier molecular flexibility index (Phi) is 4.10. The molecule has 0 unspecified atom stereocenters. The molecule has 1 amide bonds. The molecule has 0 saturated carbocycles. The van der Waals surface area contributed by atoms with E-state index in [1.807, 2.05) is 0 Å². The van der Waals surface area contributed by atoms with Crippen molar-refractivity contribution < 1.29 is 4.79 Å². The first kappa shape index (κ1) is 11.2. The van der Waals surface area contributed by atoms with E-state index in [2.05, 4.69) is 25.2 Å². The van der Waals surface area contributed by atoms with E-state index in [0.29, 0.717) is 13.0 Å². The molecule has 1 aromatic rings. The fourth-order valence-corrected chi connectivity index (χ4v) is 2.18. The van der Waals surface area contributed by atoms with E-state index >= 15 is 0 Å². The summed E-state index contributed by atoms with van der Waals surface area (Å²) in [6.07, 6.45) is 0.406. The maximum Gasteiger partial charge on any atom is 0.218 e. The number of hydrogen-bond donors (Lipinski definition) is 2. The molecule has 0 atom stereocenters. The molecule has 14 heavy (non-hydrogen) atoms. The predicted octanol–water partition coefficient (Wildman–Crippen LogP) is 1.33. The standard InChI is InChI=1S/C10H16N2OS/c1-7-5-9(14-8(7)2)6-12-4-3-10(11)13/h5,12H,3-4,6H2,1-2H3,(H2,11,13). The number of rotatable bonds is 5. The van der Waals surface area contributed by atoms with Crippen molar-refractivity contribution in [2.24, 2.45) is 5.73 Å². The monoisotopic (exact) mass is 212 g/mol. The van der Waals surface area contributed by atoms with Crippen molar-refractivity contribution in [3.63, 3.8) is 0 Å². The molecular weight excluding hydrogens is 196 g/mol. The van der Waals surface area contributed by atoms with Gasteiger partial charge >= 0.3 is 0 Å². The summed E-state index contributed by atoms with van der Waals surface area (Å²) in [5, 5.41) is 3.18. The van der Waals surface area contributed by atoms with Gasteiger partial charge in [-0.3, -0.25) is 4.79 Å². The number of hydrogen-bond acceptors (Lipinski definition) is 3. The lowest BCUT2D eigenvalue weighted by Gasteiger charge is -1.99. The van der Waals surface area contributed by atoms with Gasteiger partial charge < -0.3 is 11.1 Å². The minimum Gasteiger partial charge on any atom is -0.370 e. The Morgan fingerprint density at radius 2 is 2.29 bits per heavy atom. The molecule has 0 fully saturated rings. The van der Waals surface area contributed by atoms with Crippen molar-refractivity contribution in [3.8, 4) is 0 Å². The zero-order valence-corrected chi connectivity index (χ0v) is 9.41. The highest BCUT2D eigenvalue weighted by Crippen LogP contribution is 2.19. The Bertz CT molecular complexity index is 300. The number of primary amides is 1. The molecule has 1 heterocycles. The zero-order chi connectivity index (χ0) is 10.6. The number of nitrogens with one attached hydrogen (secondary N) is 1. The lowest BCUT2D eigenvalue weighted by atomic mass is 10.3. The van der Waals surface area contributed by atoms with Crippen molar-refractivity contribution in [2.75, 3.05) is 6.54 Å². The van der Waals surface area contributed by atoms with E-state index in [4.69, 9.17) is 5.73 Å². The van der Waals surface area contributed by atoms with Crippen molar-refractivity contribution >= 4 is 17.2 Å². The molecule has 0 radical (unpaired) electrons. The lowest BCUT2D eigenvalue weighted by molar-refractivity contribution is -0.117. The van der Waals surface area contributed by atoms with Crippen molar-refractivity contribution in [1.29, 1.82) is 0 Å². The van der Waals surface area contributed by atoms with E-state index in [-0.39, 0.29) is 5.91 Å². The summed E-state index contributed by atoms with van der Waals surface area (Å²) in [6.45, 7) is 5.71. The SMILES string of the molecule is Cc1cc(CNCCC(N)=O)sc1C. The average molecular weight is 212 g/mol. The van der Waals surface area contributed by atoms with Crippen LogP contribution in [0.25, 0.3) is 0 Å². The summed E-state index contributed by atoms with van der Waals surface area (Å²) in [6, 6.07) is 2.18. The molecule has 0 spiro atoms. The molecule has 1 aromatic heterocycles. The summed E-state index contributed by atoms with van der Waals surface area (Å²) < 4.78 is 0. The van der Waals surface area contributed by atoms with Gasteiger partial charge in [0.15, 0.2) is 0 Å². The summed E-state index contributed by atoms with van der Waals surface area (Å²) >= 11 is 1.79. The second kappa shape index (κ2) is 5.12. The van der Waals surface area contributed by atoms with E-state index < -0.39 is 0 Å². The number of nitrogens with two attached hydrogens (primary N) is 1. The van der Waals surface area contributed by atoms with Crippen LogP contribution in [0.2, 0.25) is 0 Å². The summed E-state index contributed by atoms with van der Waals surface area (Å²) in [5.74, 6) is -0.254. The highest BCUT2D eigenvalue weighted by Gasteiger charge is 2.01. The Morgan fingerprint density at radius 1 is 1.57 bits per heavy atom. The van der Waals surface area contributed by atoms with Crippen LogP contribution >= 0.6 is 11.3 Å². The van der Waals surface area contributed by atoms with E-state index in [1.54, 1.807) is 11.3 Å². The van der Waals surface area contributed by atoms with Crippen LogP contribution in [0, 0.1) is 13.8 Å². The Labute approximate surface area is 88.3 Å². The second-order valence-electron chi connectivity index (χ2n) is 3.35. The third-order valence-electron chi connectivity index (χ3n) is 2.06. The van der Waals surface area contributed by atoms with Crippen molar-refractivity contribution in [3.05, 3.63) is 21.4 Å². The van der Waals surface area contributed by atoms with Gasteiger partial charge in [-0.25, -0.2) is 0 Å². The Hall–Kier alpha value is -0.870. The molecule has 0 aliphatic rings. The highest BCUT2D eigenvalue weighted by molar-refractivity contribution is 7.12. The topological polar surface area (TPSA) is 55.1 Å². The summed E-state index contributed by atoms with van der Waals surface area (Å²) in [7, 11) is 0. The first-order valence-corrected chi connectivity index (χ1v) is 5.46. The summed E-state index contributed by atoms with van der Waals surface area (Å²) in [5.41, 5.74) is 6.36. The van der Waals surface area contributed by atoms with Gasteiger partial charge in [-0.1, -0.05) is 0 Å². The molecule has 4 heteroatoms. The zero-order valence-electron chi connectivity index (χ0n) is 8.59. The van der Waals surface area contributed by atoms with Crippen LogP contribution in [0.4, 0.5) is 0 Å². The van der Waals surface area contributed by atoms with Gasteiger partial charge in [0.1, 0.15) is 0 Å². The number of amides is 1. The Balaban J connectivity index is 2.28. The van der Waals surface area contributed by atoms with E-state index in [9.17, 15) is 4.79 Å². The molecule has 1 rings (SSSR count). The van der Waals surface area contributed by atoms with Gasteiger partial charge in [-0.2, -0.15) is 0 Å².